The quantitative estimate of drug-likeness (QED) is 0.634. The molecule has 0 aliphatic carbocycles. The van der Waals surface area contributed by atoms with E-state index in [1.807, 2.05) is 0 Å². The lowest BCUT2D eigenvalue weighted by Gasteiger charge is -2.15. The number of rotatable bonds is 6. The number of halogens is 2. The second kappa shape index (κ2) is 7.04. The van der Waals surface area contributed by atoms with Crippen molar-refractivity contribution in [2.24, 2.45) is 0 Å². The molecule has 24 heavy (non-hydrogen) atoms. The molecule has 5 nitrogen and oxygen atoms in total. The van der Waals surface area contributed by atoms with Gasteiger partial charge in [0.15, 0.2) is 5.16 Å². The van der Waals surface area contributed by atoms with Crippen LogP contribution in [0.1, 0.15) is 12.3 Å². The highest BCUT2D eigenvalue weighted by Gasteiger charge is 2.19. The molecule has 0 aliphatic rings. The van der Waals surface area contributed by atoms with Crippen molar-refractivity contribution in [2.45, 2.75) is 18.3 Å². The average Bonchev–Trinajstić information content (AvgIpc) is 3.19. The molecule has 0 unspecified atom stereocenters. The topological polar surface area (TPSA) is 51.3 Å². The molecule has 0 saturated heterocycles. The Balaban J connectivity index is 1.71. The van der Waals surface area contributed by atoms with Gasteiger partial charge in [0.25, 0.3) is 0 Å². The third-order valence-corrected chi connectivity index (χ3v) is 4.42. The first-order valence-electron chi connectivity index (χ1n) is 7.20. The standard InChI is InChI=1S/C16H15F2N3O2S/c1-20(9-11-5-4-8-23-11)14(22)10-24-16-19-12-6-2-3-7-13(12)21(16)15(17)18/h2-8,15H,9-10H2,1H3. The maximum Gasteiger partial charge on any atom is 0.321 e. The number of benzene rings is 1. The number of thioether (sulfide) groups is 1. The van der Waals surface area contributed by atoms with Crippen molar-refractivity contribution >= 4 is 28.7 Å². The third kappa shape index (κ3) is 3.43. The van der Waals surface area contributed by atoms with Crippen molar-refractivity contribution in [3.63, 3.8) is 0 Å². The molecule has 2 heterocycles. The molecule has 0 aliphatic heterocycles. The van der Waals surface area contributed by atoms with Crippen molar-refractivity contribution in [1.82, 2.24) is 14.5 Å². The predicted octanol–water partition coefficient (Wildman–Crippen LogP) is 3.78. The Bertz CT molecular complexity index is 833. The van der Waals surface area contributed by atoms with Crippen LogP contribution >= 0.6 is 11.8 Å². The van der Waals surface area contributed by atoms with Gasteiger partial charge in [-0.25, -0.2) is 4.98 Å². The number of nitrogens with zero attached hydrogens (tertiary/aromatic N) is 3. The number of hydrogen-bond acceptors (Lipinski definition) is 4. The minimum absolute atomic E-state index is 0.0211. The Kier molecular flexibility index (Phi) is 4.84. The minimum Gasteiger partial charge on any atom is -0.467 e. The highest BCUT2D eigenvalue weighted by Crippen LogP contribution is 2.29. The number of aromatic nitrogens is 2. The molecule has 1 amide bonds. The zero-order valence-corrected chi connectivity index (χ0v) is 13.7. The van der Waals surface area contributed by atoms with E-state index in [4.69, 9.17) is 4.42 Å². The van der Waals surface area contributed by atoms with E-state index in [0.717, 1.165) is 16.3 Å². The number of hydrogen-bond donors (Lipinski definition) is 0. The highest BCUT2D eigenvalue weighted by molar-refractivity contribution is 7.99. The molecule has 0 saturated carbocycles. The van der Waals surface area contributed by atoms with Gasteiger partial charge < -0.3 is 9.32 Å². The molecule has 0 radical (unpaired) electrons. The molecular formula is C16H15F2N3O2S. The third-order valence-electron chi connectivity index (χ3n) is 3.48. The van der Waals surface area contributed by atoms with Crippen LogP contribution in [0.4, 0.5) is 8.78 Å². The van der Waals surface area contributed by atoms with E-state index in [-0.39, 0.29) is 16.8 Å². The molecule has 0 spiro atoms. The number of amides is 1. The summed E-state index contributed by atoms with van der Waals surface area (Å²) in [5, 5.41) is 0.131. The number of fused-ring (bicyclic) bond motifs is 1. The monoisotopic (exact) mass is 351 g/mol. The van der Waals surface area contributed by atoms with Crippen LogP contribution in [0.15, 0.2) is 52.2 Å². The zero-order chi connectivity index (χ0) is 17.1. The minimum atomic E-state index is -2.71. The smallest absolute Gasteiger partial charge is 0.321 e. The number of furan rings is 1. The molecule has 1 aromatic carbocycles. The van der Waals surface area contributed by atoms with Crippen LogP contribution in [-0.2, 0) is 11.3 Å². The van der Waals surface area contributed by atoms with Crippen molar-refractivity contribution in [3.05, 3.63) is 48.4 Å². The molecule has 3 aromatic rings. The highest BCUT2D eigenvalue weighted by atomic mass is 32.2. The fourth-order valence-corrected chi connectivity index (χ4v) is 3.23. The summed E-state index contributed by atoms with van der Waals surface area (Å²) in [6.07, 6.45) is 1.54. The van der Waals surface area contributed by atoms with Gasteiger partial charge in [0.2, 0.25) is 5.91 Å². The maximum atomic E-state index is 13.3. The molecule has 3 rings (SSSR count). The number of carbonyl (C=O) groups excluding carboxylic acids is 1. The van der Waals surface area contributed by atoms with Gasteiger partial charge in [0.05, 0.1) is 29.6 Å². The maximum absolute atomic E-state index is 13.3. The van der Waals surface area contributed by atoms with E-state index < -0.39 is 6.55 Å². The lowest BCUT2D eigenvalue weighted by Crippen LogP contribution is -2.27. The summed E-state index contributed by atoms with van der Waals surface area (Å²) in [6, 6.07) is 10.2. The molecular weight excluding hydrogens is 336 g/mol. The first-order valence-corrected chi connectivity index (χ1v) is 8.19. The molecule has 0 atom stereocenters. The van der Waals surface area contributed by atoms with E-state index in [0.29, 0.717) is 23.3 Å². The fourth-order valence-electron chi connectivity index (χ4n) is 2.27. The summed E-state index contributed by atoms with van der Waals surface area (Å²) < 4.78 is 32.7. The van der Waals surface area contributed by atoms with Crippen LogP contribution in [0.5, 0.6) is 0 Å². The van der Waals surface area contributed by atoms with Crippen molar-refractivity contribution in [2.75, 3.05) is 12.8 Å². The molecule has 8 heteroatoms. The molecule has 2 aromatic heterocycles. The van der Waals surface area contributed by atoms with Gasteiger partial charge in [0.1, 0.15) is 5.76 Å². The molecule has 0 bridgehead atoms. The normalized spacial score (nSPS) is 11.3. The summed E-state index contributed by atoms with van der Waals surface area (Å²) in [7, 11) is 1.64. The summed E-state index contributed by atoms with van der Waals surface area (Å²) in [4.78, 5) is 17.9. The van der Waals surface area contributed by atoms with Gasteiger partial charge in [0, 0.05) is 7.05 Å². The van der Waals surface area contributed by atoms with Crippen LogP contribution in [0.25, 0.3) is 11.0 Å². The van der Waals surface area contributed by atoms with Crippen LogP contribution in [-0.4, -0.2) is 33.2 Å². The zero-order valence-electron chi connectivity index (χ0n) is 12.9. The molecule has 0 N–H and O–H groups in total. The van der Waals surface area contributed by atoms with Gasteiger partial charge in [-0.1, -0.05) is 23.9 Å². The number of para-hydroxylation sites is 2. The van der Waals surface area contributed by atoms with Crippen molar-refractivity contribution in [3.8, 4) is 0 Å². The summed E-state index contributed by atoms with van der Waals surface area (Å²) in [5.74, 6) is 0.493. The van der Waals surface area contributed by atoms with Gasteiger partial charge in [-0.2, -0.15) is 8.78 Å². The Morgan fingerprint density at radius 1 is 1.33 bits per heavy atom. The van der Waals surface area contributed by atoms with E-state index in [9.17, 15) is 13.6 Å². The largest absolute Gasteiger partial charge is 0.467 e. The number of imidazole rings is 1. The number of carbonyl (C=O) groups is 1. The van der Waals surface area contributed by atoms with Crippen LogP contribution in [0.3, 0.4) is 0 Å². The van der Waals surface area contributed by atoms with E-state index in [1.165, 1.54) is 11.2 Å². The van der Waals surface area contributed by atoms with Gasteiger partial charge in [-0.3, -0.25) is 9.36 Å². The van der Waals surface area contributed by atoms with Crippen LogP contribution in [0, 0.1) is 0 Å². The van der Waals surface area contributed by atoms with Crippen LogP contribution in [0.2, 0.25) is 0 Å². The lowest BCUT2D eigenvalue weighted by atomic mass is 10.3. The van der Waals surface area contributed by atoms with E-state index >= 15 is 0 Å². The Labute approximate surface area is 141 Å². The van der Waals surface area contributed by atoms with E-state index in [1.54, 1.807) is 43.4 Å². The van der Waals surface area contributed by atoms with Gasteiger partial charge in [-0.15, -0.1) is 0 Å². The fraction of sp³-hybridized carbons (Fsp3) is 0.250. The Morgan fingerprint density at radius 3 is 2.83 bits per heavy atom. The Morgan fingerprint density at radius 2 is 2.12 bits per heavy atom. The molecule has 0 fully saturated rings. The summed E-state index contributed by atoms with van der Waals surface area (Å²) in [6.45, 7) is -2.38. The second-order valence-electron chi connectivity index (χ2n) is 5.15. The SMILES string of the molecule is CN(Cc1ccco1)C(=O)CSc1nc2ccccc2n1C(F)F. The van der Waals surface area contributed by atoms with Crippen molar-refractivity contribution < 1.29 is 18.0 Å². The van der Waals surface area contributed by atoms with Gasteiger partial charge >= 0.3 is 6.55 Å². The first-order chi connectivity index (χ1) is 11.6. The summed E-state index contributed by atoms with van der Waals surface area (Å²) >= 11 is 1.00. The van der Waals surface area contributed by atoms with Crippen molar-refractivity contribution in [1.29, 1.82) is 0 Å². The molecule has 126 valence electrons. The summed E-state index contributed by atoms with van der Waals surface area (Å²) in [5.41, 5.74) is 0.836. The van der Waals surface area contributed by atoms with Gasteiger partial charge in [-0.05, 0) is 24.3 Å². The Hall–Kier alpha value is -2.35. The lowest BCUT2D eigenvalue weighted by molar-refractivity contribution is -0.127. The second-order valence-corrected chi connectivity index (χ2v) is 6.09. The first kappa shape index (κ1) is 16.5. The number of alkyl halides is 2. The van der Waals surface area contributed by atoms with Crippen LogP contribution < -0.4 is 0 Å². The van der Waals surface area contributed by atoms with E-state index in [2.05, 4.69) is 4.98 Å². The predicted molar refractivity (Wildman–Crippen MR) is 86.9 cm³/mol. The average molecular weight is 351 g/mol.